The number of rotatable bonds is 15. The monoisotopic (exact) mass is 301 g/mol. The van der Waals surface area contributed by atoms with Gasteiger partial charge in [-0.1, -0.05) is 71.1 Å². The van der Waals surface area contributed by atoms with Gasteiger partial charge in [-0.05, 0) is 19.3 Å². The average molecular weight is 301 g/mol. The second-order valence-corrected chi connectivity index (χ2v) is 6.22. The zero-order chi connectivity index (χ0) is 16.0. The lowest BCUT2D eigenvalue weighted by Gasteiger charge is -2.23. The van der Waals surface area contributed by atoms with Crippen molar-refractivity contribution >= 4 is 5.97 Å². The molecule has 1 unspecified atom stereocenters. The number of aliphatic hydroxyl groups is 1. The van der Waals surface area contributed by atoms with Crippen LogP contribution in [0.25, 0.3) is 0 Å². The lowest BCUT2D eigenvalue weighted by atomic mass is 9.88. The molecule has 0 aliphatic carbocycles. The third kappa shape index (κ3) is 10.7. The van der Waals surface area contributed by atoms with Gasteiger partial charge in [-0.3, -0.25) is 4.79 Å². The van der Waals surface area contributed by atoms with Gasteiger partial charge in [0.05, 0.1) is 0 Å². The van der Waals surface area contributed by atoms with E-state index in [1.807, 2.05) is 6.92 Å². The van der Waals surface area contributed by atoms with Gasteiger partial charge in [0, 0.05) is 6.61 Å². The van der Waals surface area contributed by atoms with Gasteiger partial charge in [-0.25, -0.2) is 0 Å². The van der Waals surface area contributed by atoms with Crippen LogP contribution in [0.1, 0.15) is 90.4 Å². The molecule has 1 atom stereocenters. The molecule has 126 valence electrons. The van der Waals surface area contributed by atoms with E-state index in [0.717, 1.165) is 32.1 Å². The van der Waals surface area contributed by atoms with Crippen LogP contribution in [0.2, 0.25) is 0 Å². The molecule has 0 bridgehead atoms. The van der Waals surface area contributed by atoms with Crippen molar-refractivity contribution in [2.24, 2.45) is 5.73 Å². The molecule has 4 nitrogen and oxygen atoms in total. The molecule has 0 amide bonds. The lowest BCUT2D eigenvalue weighted by molar-refractivity contribution is -0.144. The Hall–Kier alpha value is -0.610. The van der Waals surface area contributed by atoms with Crippen LogP contribution in [-0.4, -0.2) is 28.3 Å². The van der Waals surface area contributed by atoms with E-state index in [-0.39, 0.29) is 0 Å². The molecule has 0 rings (SSSR count). The van der Waals surface area contributed by atoms with Gasteiger partial charge in [-0.15, -0.1) is 0 Å². The van der Waals surface area contributed by atoms with Crippen LogP contribution < -0.4 is 5.73 Å². The quantitative estimate of drug-likeness (QED) is 0.401. The van der Waals surface area contributed by atoms with Crippen LogP contribution in [0.4, 0.5) is 0 Å². The summed E-state index contributed by atoms with van der Waals surface area (Å²) in [4.78, 5) is 11.2. The first-order valence-corrected chi connectivity index (χ1v) is 8.70. The van der Waals surface area contributed by atoms with Crippen LogP contribution in [0, 0.1) is 0 Å². The summed E-state index contributed by atoms with van der Waals surface area (Å²) in [5, 5.41) is 17.9. The topological polar surface area (TPSA) is 83.5 Å². The minimum absolute atomic E-state index is 0.316. The number of nitrogens with two attached hydrogens (primary N) is 1. The summed E-state index contributed by atoms with van der Waals surface area (Å²) in [6.07, 6.45) is 13.5. The molecule has 0 radical (unpaired) electrons. The van der Waals surface area contributed by atoms with E-state index < -0.39 is 11.5 Å². The molecule has 4 heteroatoms. The minimum Gasteiger partial charge on any atom is -0.480 e. The van der Waals surface area contributed by atoms with Gasteiger partial charge in [0.25, 0.3) is 0 Å². The molecule has 21 heavy (non-hydrogen) atoms. The minimum atomic E-state index is -1.01. The van der Waals surface area contributed by atoms with Crippen LogP contribution in [-0.2, 0) is 4.79 Å². The number of carbonyl (C=O) groups is 1. The molecular weight excluding hydrogens is 266 g/mol. The third-order valence-electron chi connectivity index (χ3n) is 4.15. The highest BCUT2D eigenvalue weighted by molar-refractivity contribution is 5.78. The lowest BCUT2D eigenvalue weighted by Crippen LogP contribution is -2.47. The highest BCUT2D eigenvalue weighted by Crippen LogP contribution is 2.19. The van der Waals surface area contributed by atoms with Gasteiger partial charge in [0.2, 0.25) is 0 Å². The number of aliphatic carboxylic acids is 1. The molecule has 0 aliphatic rings. The van der Waals surface area contributed by atoms with Crippen molar-refractivity contribution in [3.63, 3.8) is 0 Å². The maximum atomic E-state index is 11.2. The second kappa shape index (κ2) is 13.1. The van der Waals surface area contributed by atoms with Crippen LogP contribution in [0.15, 0.2) is 0 Å². The summed E-state index contributed by atoms with van der Waals surface area (Å²) in [6, 6.07) is 0. The zero-order valence-corrected chi connectivity index (χ0v) is 13.8. The number of hydrogen-bond acceptors (Lipinski definition) is 3. The van der Waals surface area contributed by atoms with Gasteiger partial charge in [-0.2, -0.15) is 0 Å². The Labute approximate surface area is 130 Å². The maximum Gasteiger partial charge on any atom is 0.323 e. The SMILES string of the molecule is CCCC(N)(CCCCCCCCCCCCO)C(=O)O. The molecule has 0 aromatic carbocycles. The first kappa shape index (κ1) is 20.4. The van der Waals surface area contributed by atoms with Crippen molar-refractivity contribution in [3.8, 4) is 0 Å². The predicted molar refractivity (Wildman–Crippen MR) is 87.3 cm³/mol. The molecule has 4 N–H and O–H groups in total. The van der Waals surface area contributed by atoms with E-state index in [2.05, 4.69) is 0 Å². The highest BCUT2D eigenvalue weighted by atomic mass is 16.4. The van der Waals surface area contributed by atoms with Crippen molar-refractivity contribution in [3.05, 3.63) is 0 Å². The summed E-state index contributed by atoms with van der Waals surface area (Å²) in [7, 11) is 0. The molecule has 0 saturated carbocycles. The predicted octanol–water partition coefficient (Wildman–Crippen LogP) is 3.85. The number of unbranched alkanes of at least 4 members (excludes halogenated alkanes) is 9. The Morgan fingerprint density at radius 3 is 1.67 bits per heavy atom. The molecular formula is C17H35NO3. The van der Waals surface area contributed by atoms with E-state index in [0.29, 0.717) is 19.4 Å². The largest absolute Gasteiger partial charge is 0.480 e. The smallest absolute Gasteiger partial charge is 0.323 e. The Balaban J connectivity index is 3.44. The number of carboxylic acid groups (broad SMARTS) is 1. The van der Waals surface area contributed by atoms with Gasteiger partial charge in [0.1, 0.15) is 5.54 Å². The van der Waals surface area contributed by atoms with Gasteiger partial charge < -0.3 is 15.9 Å². The normalized spacial score (nSPS) is 14.0. The van der Waals surface area contributed by atoms with Crippen molar-refractivity contribution in [2.45, 2.75) is 95.9 Å². The van der Waals surface area contributed by atoms with E-state index in [1.54, 1.807) is 0 Å². The zero-order valence-electron chi connectivity index (χ0n) is 13.8. The molecule has 0 aromatic rings. The van der Waals surface area contributed by atoms with Crippen LogP contribution >= 0.6 is 0 Å². The Bertz CT molecular complexity index is 258. The van der Waals surface area contributed by atoms with E-state index in [1.165, 1.54) is 38.5 Å². The molecule has 0 aromatic heterocycles. The Morgan fingerprint density at radius 2 is 1.29 bits per heavy atom. The van der Waals surface area contributed by atoms with Crippen molar-refractivity contribution in [2.75, 3.05) is 6.61 Å². The van der Waals surface area contributed by atoms with Crippen molar-refractivity contribution in [1.29, 1.82) is 0 Å². The number of carboxylic acids is 1. The first-order valence-electron chi connectivity index (χ1n) is 8.70. The summed E-state index contributed by atoms with van der Waals surface area (Å²) < 4.78 is 0. The van der Waals surface area contributed by atoms with E-state index in [4.69, 9.17) is 10.8 Å². The van der Waals surface area contributed by atoms with Gasteiger partial charge in [0.15, 0.2) is 0 Å². The van der Waals surface area contributed by atoms with Gasteiger partial charge >= 0.3 is 5.97 Å². The Kier molecular flexibility index (Phi) is 12.7. The first-order chi connectivity index (χ1) is 10.1. The fourth-order valence-electron chi connectivity index (χ4n) is 2.75. The van der Waals surface area contributed by atoms with E-state index >= 15 is 0 Å². The molecule has 0 heterocycles. The maximum absolute atomic E-state index is 11.2. The van der Waals surface area contributed by atoms with Crippen molar-refractivity contribution in [1.82, 2.24) is 0 Å². The summed E-state index contributed by atoms with van der Waals surface area (Å²) in [5.41, 5.74) is 4.94. The molecule has 0 saturated heterocycles. The van der Waals surface area contributed by atoms with Crippen molar-refractivity contribution < 1.29 is 15.0 Å². The molecule has 0 aliphatic heterocycles. The second-order valence-electron chi connectivity index (χ2n) is 6.22. The standard InChI is InChI=1S/C17H35NO3/c1-2-13-17(18,16(20)21)14-11-9-7-5-3-4-6-8-10-12-15-19/h19H,2-15,18H2,1H3,(H,20,21). The average Bonchev–Trinajstić information content (AvgIpc) is 2.45. The van der Waals surface area contributed by atoms with E-state index in [9.17, 15) is 9.90 Å². The summed E-state index contributed by atoms with van der Waals surface area (Å²) >= 11 is 0. The summed E-state index contributed by atoms with van der Waals surface area (Å²) in [6.45, 7) is 2.29. The van der Waals surface area contributed by atoms with Crippen LogP contribution in [0.3, 0.4) is 0 Å². The summed E-state index contributed by atoms with van der Waals surface area (Å²) in [5.74, 6) is -0.854. The third-order valence-corrected chi connectivity index (χ3v) is 4.15. The molecule has 0 fully saturated rings. The fraction of sp³-hybridized carbons (Fsp3) is 0.941. The fourth-order valence-corrected chi connectivity index (χ4v) is 2.75. The highest BCUT2D eigenvalue weighted by Gasteiger charge is 2.31. The Morgan fingerprint density at radius 1 is 0.857 bits per heavy atom. The molecule has 0 spiro atoms. The number of hydrogen-bond donors (Lipinski definition) is 3. The number of aliphatic hydroxyl groups excluding tert-OH is 1. The van der Waals surface area contributed by atoms with Crippen LogP contribution in [0.5, 0.6) is 0 Å².